The minimum absolute atomic E-state index is 0.565. The van der Waals surface area contributed by atoms with Crippen LogP contribution in [0.5, 0.6) is 0 Å². The van der Waals surface area contributed by atoms with E-state index < -0.39 is 12.2 Å². The lowest BCUT2D eigenvalue weighted by Crippen LogP contribution is -2.36. The smallest absolute Gasteiger partial charge is 0.0922 e. The number of hydrogen-bond donors (Lipinski definition) is 2. The highest BCUT2D eigenvalue weighted by Gasteiger charge is 2.12. The van der Waals surface area contributed by atoms with E-state index in [2.05, 4.69) is 11.8 Å². The van der Waals surface area contributed by atoms with E-state index in [-0.39, 0.29) is 0 Å². The Labute approximate surface area is 126 Å². The Morgan fingerprint density at radius 1 is 0.800 bits per heavy atom. The van der Waals surface area contributed by atoms with Gasteiger partial charge in [-0.2, -0.15) is 0 Å². The van der Waals surface area contributed by atoms with E-state index in [1.807, 2.05) is 7.05 Å². The van der Waals surface area contributed by atoms with Gasteiger partial charge in [-0.1, -0.05) is 64.7 Å². The molecule has 0 heterocycles. The van der Waals surface area contributed by atoms with Crippen molar-refractivity contribution in [2.75, 3.05) is 20.1 Å². The van der Waals surface area contributed by atoms with Crippen LogP contribution in [0.15, 0.2) is 0 Å². The predicted molar refractivity (Wildman–Crippen MR) is 87.0 cm³/mol. The molecule has 3 heteroatoms. The van der Waals surface area contributed by atoms with Crippen LogP contribution in [0.25, 0.3) is 0 Å². The number of rotatable bonds is 14. The number of nitrogens with zero attached hydrogens (tertiary/aromatic N) is 1. The van der Waals surface area contributed by atoms with E-state index in [4.69, 9.17) is 0 Å². The van der Waals surface area contributed by atoms with E-state index >= 15 is 0 Å². The second kappa shape index (κ2) is 13.8. The van der Waals surface area contributed by atoms with Gasteiger partial charge in [0, 0.05) is 6.54 Å². The number of aliphatic hydroxyl groups is 2. The summed E-state index contributed by atoms with van der Waals surface area (Å²) in [4.78, 5) is 2.11. The molecule has 2 atom stereocenters. The van der Waals surface area contributed by atoms with Crippen molar-refractivity contribution in [1.29, 1.82) is 0 Å². The Balaban J connectivity index is 3.23. The molecule has 20 heavy (non-hydrogen) atoms. The first-order valence-electron chi connectivity index (χ1n) is 8.62. The quantitative estimate of drug-likeness (QED) is 0.480. The predicted octanol–water partition coefficient (Wildman–Crippen LogP) is 3.58. The summed E-state index contributed by atoms with van der Waals surface area (Å²) >= 11 is 0. The van der Waals surface area contributed by atoms with Gasteiger partial charge in [-0.05, 0) is 26.9 Å². The lowest BCUT2D eigenvalue weighted by atomic mass is 10.1. The molecule has 0 aliphatic carbocycles. The summed E-state index contributed by atoms with van der Waals surface area (Å²) in [6.07, 6.45) is 12.3. The second-order valence-corrected chi connectivity index (χ2v) is 6.25. The van der Waals surface area contributed by atoms with Gasteiger partial charge in [0.05, 0.1) is 12.2 Å². The zero-order valence-corrected chi connectivity index (χ0v) is 14.0. The van der Waals surface area contributed by atoms with Crippen LogP contribution in [0.3, 0.4) is 0 Å². The third-order valence-electron chi connectivity index (χ3n) is 3.95. The second-order valence-electron chi connectivity index (χ2n) is 6.25. The molecule has 0 spiro atoms. The minimum Gasteiger partial charge on any atom is -0.391 e. The third-order valence-corrected chi connectivity index (χ3v) is 3.95. The standard InChI is InChI=1S/C17H37NO2/c1-4-5-6-7-8-9-10-11-12-13-14-18(3)15-17(20)16(2)19/h16-17,19-20H,4-15H2,1-3H3. The lowest BCUT2D eigenvalue weighted by Gasteiger charge is -2.22. The van der Waals surface area contributed by atoms with Crippen molar-refractivity contribution in [3.63, 3.8) is 0 Å². The van der Waals surface area contributed by atoms with Crippen molar-refractivity contribution in [2.24, 2.45) is 0 Å². The molecule has 0 saturated carbocycles. The Morgan fingerprint density at radius 3 is 1.70 bits per heavy atom. The van der Waals surface area contributed by atoms with Gasteiger partial charge in [0.2, 0.25) is 0 Å². The molecular formula is C17H37NO2. The van der Waals surface area contributed by atoms with Crippen LogP contribution in [0.1, 0.15) is 78.1 Å². The first-order valence-corrected chi connectivity index (χ1v) is 8.62. The Kier molecular flexibility index (Phi) is 13.8. The van der Waals surface area contributed by atoms with E-state index in [1.165, 1.54) is 64.2 Å². The molecule has 122 valence electrons. The highest BCUT2D eigenvalue weighted by Crippen LogP contribution is 2.10. The van der Waals surface area contributed by atoms with Crippen LogP contribution in [0.4, 0.5) is 0 Å². The summed E-state index contributed by atoms with van der Waals surface area (Å²) in [5.41, 5.74) is 0. The summed E-state index contributed by atoms with van der Waals surface area (Å²) in [6.45, 7) is 5.48. The van der Waals surface area contributed by atoms with Crippen molar-refractivity contribution in [2.45, 2.75) is 90.3 Å². The fourth-order valence-corrected chi connectivity index (χ4v) is 2.43. The summed E-state index contributed by atoms with van der Waals surface area (Å²) in [7, 11) is 2.01. The summed E-state index contributed by atoms with van der Waals surface area (Å²) in [6, 6.07) is 0. The Hall–Kier alpha value is -0.120. The number of aliphatic hydroxyl groups excluding tert-OH is 2. The average Bonchev–Trinajstić information content (AvgIpc) is 2.40. The maximum absolute atomic E-state index is 9.57. The van der Waals surface area contributed by atoms with Gasteiger partial charge in [0.25, 0.3) is 0 Å². The molecule has 0 rings (SSSR count). The molecule has 0 aromatic carbocycles. The zero-order valence-electron chi connectivity index (χ0n) is 14.0. The van der Waals surface area contributed by atoms with E-state index in [1.54, 1.807) is 6.92 Å². The lowest BCUT2D eigenvalue weighted by molar-refractivity contribution is 0.0121. The highest BCUT2D eigenvalue weighted by atomic mass is 16.3. The number of likely N-dealkylation sites (N-methyl/N-ethyl adjacent to an activating group) is 1. The van der Waals surface area contributed by atoms with Crippen LogP contribution in [0, 0.1) is 0 Å². The van der Waals surface area contributed by atoms with Crippen LogP contribution < -0.4 is 0 Å². The maximum atomic E-state index is 9.57. The molecule has 0 saturated heterocycles. The number of hydrogen-bond acceptors (Lipinski definition) is 3. The molecule has 0 aliphatic rings. The van der Waals surface area contributed by atoms with Crippen molar-refractivity contribution in [3.8, 4) is 0 Å². The third kappa shape index (κ3) is 12.9. The van der Waals surface area contributed by atoms with Gasteiger partial charge in [0.15, 0.2) is 0 Å². The fraction of sp³-hybridized carbons (Fsp3) is 1.00. The van der Waals surface area contributed by atoms with Crippen LogP contribution in [-0.2, 0) is 0 Å². The van der Waals surface area contributed by atoms with Crippen LogP contribution >= 0.6 is 0 Å². The summed E-state index contributed by atoms with van der Waals surface area (Å²) in [5, 5.41) is 18.8. The van der Waals surface area contributed by atoms with Crippen molar-refractivity contribution in [1.82, 2.24) is 4.90 Å². The normalized spacial score (nSPS) is 14.7. The van der Waals surface area contributed by atoms with E-state index in [9.17, 15) is 10.2 Å². The zero-order chi connectivity index (χ0) is 15.2. The van der Waals surface area contributed by atoms with Crippen molar-refractivity contribution >= 4 is 0 Å². The molecule has 3 nitrogen and oxygen atoms in total. The molecule has 0 aromatic heterocycles. The SMILES string of the molecule is CCCCCCCCCCCCN(C)CC(O)C(C)O. The molecule has 2 N–H and O–H groups in total. The van der Waals surface area contributed by atoms with E-state index in [0.717, 1.165) is 6.54 Å². The van der Waals surface area contributed by atoms with Gasteiger partial charge >= 0.3 is 0 Å². The number of unbranched alkanes of at least 4 members (excludes halogenated alkanes) is 9. The molecule has 0 radical (unpaired) electrons. The van der Waals surface area contributed by atoms with Gasteiger partial charge in [-0.15, -0.1) is 0 Å². The molecule has 0 aliphatic heterocycles. The largest absolute Gasteiger partial charge is 0.391 e. The molecule has 0 fully saturated rings. The van der Waals surface area contributed by atoms with Gasteiger partial charge in [-0.25, -0.2) is 0 Å². The first-order chi connectivity index (χ1) is 9.57. The summed E-state index contributed by atoms with van der Waals surface area (Å²) < 4.78 is 0. The topological polar surface area (TPSA) is 43.7 Å². The van der Waals surface area contributed by atoms with Crippen LogP contribution in [0.2, 0.25) is 0 Å². The molecule has 0 amide bonds. The monoisotopic (exact) mass is 287 g/mol. The summed E-state index contributed by atoms with van der Waals surface area (Å²) in [5.74, 6) is 0. The van der Waals surface area contributed by atoms with E-state index in [0.29, 0.717) is 6.54 Å². The molecule has 0 aromatic rings. The molecule has 2 unspecified atom stereocenters. The van der Waals surface area contributed by atoms with Crippen molar-refractivity contribution < 1.29 is 10.2 Å². The van der Waals surface area contributed by atoms with Gasteiger partial charge in [-0.3, -0.25) is 0 Å². The minimum atomic E-state index is -0.634. The first kappa shape index (κ1) is 19.9. The van der Waals surface area contributed by atoms with Crippen molar-refractivity contribution in [3.05, 3.63) is 0 Å². The Morgan fingerprint density at radius 2 is 1.25 bits per heavy atom. The maximum Gasteiger partial charge on any atom is 0.0922 e. The molecule has 0 bridgehead atoms. The molecular weight excluding hydrogens is 250 g/mol. The van der Waals surface area contributed by atoms with Gasteiger partial charge in [0.1, 0.15) is 0 Å². The van der Waals surface area contributed by atoms with Crippen LogP contribution in [-0.4, -0.2) is 47.5 Å². The average molecular weight is 287 g/mol. The Bertz CT molecular complexity index is 197. The highest BCUT2D eigenvalue weighted by molar-refractivity contribution is 4.66. The van der Waals surface area contributed by atoms with Gasteiger partial charge < -0.3 is 15.1 Å². The fourth-order valence-electron chi connectivity index (χ4n) is 2.43.